The molecule has 2 N–H and O–H groups in total. The first-order valence-electron chi connectivity index (χ1n) is 21.4. The summed E-state index contributed by atoms with van der Waals surface area (Å²) < 4.78 is 26.9. The lowest BCUT2D eigenvalue weighted by atomic mass is 10.1. The second-order valence-electron chi connectivity index (χ2n) is 17.2. The number of carbonyl (C=O) groups is 1. The fourth-order valence-electron chi connectivity index (χ4n) is 10.0. The number of nitrogens with zero attached hydrogens (tertiary/aromatic N) is 10. The molecule has 8 aromatic rings. The van der Waals surface area contributed by atoms with Crippen LogP contribution in [0.4, 0.5) is 11.4 Å². The van der Waals surface area contributed by atoms with Crippen LogP contribution < -0.4 is 39.4 Å². The van der Waals surface area contributed by atoms with E-state index in [2.05, 4.69) is 58.4 Å². The number of benzene rings is 2. The molecule has 0 bridgehead atoms. The highest BCUT2D eigenvalue weighted by Gasteiger charge is 2.29. The molecule has 2 aromatic carbocycles. The summed E-state index contributed by atoms with van der Waals surface area (Å²) in [6.07, 6.45) is 2.79. The number of nitrogens with one attached hydrogen (secondary N) is 2. The topological polar surface area (TPSA) is 172 Å². The molecule has 0 aliphatic carbocycles. The Kier molecular flexibility index (Phi) is 8.47. The standard InChI is InChI=1S/C46H44N12O5/c1-24-10-34(56-20-25(2)50-26(3)21-56)29-12-31(45-53-33-14-38-40(63-23-61-38)16-36(33)58(45)44(29)51-24)46(59)49-19-28-18-48-43-30(41(28)55-7-5-6-54(4)8-9-55)11-27(17-47)42-52-32-13-37-39(62-22-60-37)15-35(32)57(42)43/h10-16,18,25-26,50H,5-9,19-23H2,1-4H3,(H,49,59)/t25-,26+. The molecular weight excluding hydrogens is 801 g/mol. The Bertz CT molecular complexity index is 3290. The zero-order valence-corrected chi connectivity index (χ0v) is 35.4. The minimum Gasteiger partial charge on any atom is -0.454 e. The van der Waals surface area contributed by atoms with E-state index in [1.165, 1.54) is 0 Å². The van der Waals surface area contributed by atoms with Crippen LogP contribution in [0, 0.1) is 18.3 Å². The number of aryl methyl sites for hydroxylation is 1. The van der Waals surface area contributed by atoms with Crippen molar-refractivity contribution in [3.8, 4) is 29.1 Å². The van der Waals surface area contributed by atoms with Gasteiger partial charge in [-0.15, -0.1) is 0 Å². The zero-order valence-electron chi connectivity index (χ0n) is 35.4. The van der Waals surface area contributed by atoms with Gasteiger partial charge < -0.3 is 44.3 Å². The maximum absolute atomic E-state index is 15.0. The van der Waals surface area contributed by atoms with Crippen molar-refractivity contribution in [2.75, 3.05) is 69.7 Å². The van der Waals surface area contributed by atoms with Crippen LogP contribution in [0.1, 0.15) is 47.4 Å². The second-order valence-corrected chi connectivity index (χ2v) is 17.2. The molecule has 1 amide bonds. The van der Waals surface area contributed by atoms with Crippen molar-refractivity contribution in [3.05, 3.63) is 71.0 Å². The highest BCUT2D eigenvalue weighted by Crippen LogP contribution is 2.41. The molecule has 2 atom stereocenters. The fourth-order valence-corrected chi connectivity index (χ4v) is 10.0. The van der Waals surface area contributed by atoms with Gasteiger partial charge in [-0.25, -0.2) is 19.9 Å². The normalized spacial score (nSPS) is 19.0. The van der Waals surface area contributed by atoms with Crippen LogP contribution in [0.25, 0.3) is 55.4 Å². The number of piperazine rings is 1. The molecule has 12 rings (SSSR count). The summed E-state index contributed by atoms with van der Waals surface area (Å²) in [6, 6.07) is 16.4. The lowest BCUT2D eigenvalue weighted by molar-refractivity contribution is 0.0952. The third kappa shape index (κ3) is 5.99. The molecule has 0 unspecified atom stereocenters. The van der Waals surface area contributed by atoms with Crippen LogP contribution >= 0.6 is 0 Å². The highest BCUT2D eigenvalue weighted by molar-refractivity contribution is 6.08. The van der Waals surface area contributed by atoms with E-state index >= 15 is 0 Å². The van der Waals surface area contributed by atoms with Gasteiger partial charge in [0.15, 0.2) is 34.3 Å². The number of likely N-dealkylation sites (N-methyl/N-ethyl adjacent to an activating group) is 1. The Morgan fingerprint density at radius 3 is 2.14 bits per heavy atom. The third-order valence-corrected chi connectivity index (χ3v) is 12.8. The summed E-state index contributed by atoms with van der Waals surface area (Å²) in [5.41, 5.74) is 9.65. The van der Waals surface area contributed by atoms with Gasteiger partial charge in [0.25, 0.3) is 5.91 Å². The summed E-state index contributed by atoms with van der Waals surface area (Å²) in [5.74, 6) is 2.16. The highest BCUT2D eigenvalue weighted by atomic mass is 16.7. The minimum absolute atomic E-state index is 0.132. The Balaban J connectivity index is 1.01. The molecule has 63 heavy (non-hydrogen) atoms. The lowest BCUT2D eigenvalue weighted by Crippen LogP contribution is -2.54. The Labute approximate surface area is 360 Å². The molecule has 6 aromatic heterocycles. The van der Waals surface area contributed by atoms with Crippen molar-refractivity contribution < 1.29 is 23.7 Å². The second kappa shape index (κ2) is 14.2. The Morgan fingerprint density at radius 2 is 1.44 bits per heavy atom. The predicted molar refractivity (Wildman–Crippen MR) is 237 cm³/mol. The largest absolute Gasteiger partial charge is 0.454 e. The first kappa shape index (κ1) is 37.6. The Morgan fingerprint density at radius 1 is 0.778 bits per heavy atom. The summed E-state index contributed by atoms with van der Waals surface area (Å²) in [4.78, 5) is 42.2. The molecule has 0 spiro atoms. The average Bonchev–Trinajstić information content (AvgIpc) is 4.06. The number of pyridine rings is 4. The van der Waals surface area contributed by atoms with Crippen molar-refractivity contribution in [2.24, 2.45) is 0 Å². The van der Waals surface area contributed by atoms with Gasteiger partial charge in [0.1, 0.15) is 17.4 Å². The number of anilines is 2. The quantitative estimate of drug-likeness (QED) is 0.229. The zero-order chi connectivity index (χ0) is 42.7. The first-order valence-corrected chi connectivity index (χ1v) is 21.4. The molecule has 0 radical (unpaired) electrons. The number of amides is 1. The number of ether oxygens (including phenoxy) is 4. The van der Waals surface area contributed by atoms with E-state index in [1.54, 1.807) is 0 Å². The summed E-state index contributed by atoms with van der Waals surface area (Å²) >= 11 is 0. The molecule has 17 nitrogen and oxygen atoms in total. The van der Waals surface area contributed by atoms with Crippen molar-refractivity contribution >= 4 is 72.7 Å². The van der Waals surface area contributed by atoms with Crippen LogP contribution in [0.5, 0.6) is 23.0 Å². The van der Waals surface area contributed by atoms with Crippen LogP contribution in [0.3, 0.4) is 0 Å². The number of nitriles is 1. The van der Waals surface area contributed by atoms with Crippen LogP contribution in [0.2, 0.25) is 0 Å². The smallest absolute Gasteiger partial charge is 0.255 e. The Hall–Kier alpha value is -7.16. The summed E-state index contributed by atoms with van der Waals surface area (Å²) in [5, 5.41) is 19.2. The number of imidazole rings is 2. The average molecular weight is 845 g/mol. The third-order valence-electron chi connectivity index (χ3n) is 12.8. The van der Waals surface area contributed by atoms with E-state index in [1.807, 2.05) is 58.3 Å². The molecule has 2 saturated heterocycles. The molecule has 4 aliphatic rings. The molecule has 17 heteroatoms. The number of rotatable bonds is 5. The first-order chi connectivity index (χ1) is 30.7. The SMILES string of the molecule is Cc1cc(N2C[C@@H](C)N[C@@H](C)C2)c2cc(C(=O)NCc3cnc4c(cc(C#N)c5nc6cc7c(cc6n54)OCO7)c3N3CCCN(C)CC3)c3nc4cc5c(cc4n3c2n1)OCO5. The lowest BCUT2D eigenvalue weighted by Gasteiger charge is -2.38. The van der Waals surface area contributed by atoms with Gasteiger partial charge in [-0.2, -0.15) is 5.26 Å². The van der Waals surface area contributed by atoms with E-state index in [9.17, 15) is 10.1 Å². The molecular formula is C46H44N12O5. The number of fused-ring (bicyclic) bond motifs is 12. The summed E-state index contributed by atoms with van der Waals surface area (Å²) in [6.45, 7) is 11.8. The van der Waals surface area contributed by atoms with Gasteiger partial charge in [-0.1, -0.05) is 0 Å². The van der Waals surface area contributed by atoms with Crippen molar-refractivity contribution in [2.45, 2.75) is 45.8 Å². The maximum atomic E-state index is 15.0. The maximum Gasteiger partial charge on any atom is 0.255 e. The van der Waals surface area contributed by atoms with E-state index in [0.717, 1.165) is 90.1 Å². The van der Waals surface area contributed by atoms with Gasteiger partial charge >= 0.3 is 0 Å². The fraction of sp³-hybridized carbons (Fsp3) is 0.348. The van der Waals surface area contributed by atoms with E-state index in [4.69, 9.17) is 38.9 Å². The number of hydrogen-bond donors (Lipinski definition) is 2. The summed E-state index contributed by atoms with van der Waals surface area (Å²) in [7, 11) is 2.14. The van der Waals surface area contributed by atoms with Gasteiger partial charge in [-0.05, 0) is 59.0 Å². The number of carbonyl (C=O) groups excluding carboxylic acids is 1. The molecule has 0 saturated carbocycles. The number of hydrogen-bond acceptors (Lipinski definition) is 14. The monoisotopic (exact) mass is 844 g/mol. The van der Waals surface area contributed by atoms with Crippen molar-refractivity contribution in [1.29, 1.82) is 5.26 Å². The van der Waals surface area contributed by atoms with Crippen LogP contribution in [0.15, 0.2) is 48.7 Å². The van der Waals surface area contributed by atoms with E-state index in [0.29, 0.717) is 67.7 Å². The molecule has 2 fully saturated rings. The number of aromatic nitrogens is 6. The van der Waals surface area contributed by atoms with Crippen LogP contribution in [-0.2, 0) is 6.54 Å². The van der Waals surface area contributed by atoms with Gasteiger partial charge in [-0.3, -0.25) is 13.6 Å². The van der Waals surface area contributed by atoms with Crippen molar-refractivity contribution in [1.82, 2.24) is 44.3 Å². The van der Waals surface area contributed by atoms with E-state index < -0.39 is 0 Å². The van der Waals surface area contributed by atoms with E-state index in [-0.39, 0.29) is 38.1 Å². The van der Waals surface area contributed by atoms with Gasteiger partial charge in [0, 0.05) is 110 Å². The van der Waals surface area contributed by atoms with Crippen molar-refractivity contribution in [3.63, 3.8) is 0 Å². The van der Waals surface area contributed by atoms with Gasteiger partial charge in [0.2, 0.25) is 13.6 Å². The predicted octanol–water partition coefficient (Wildman–Crippen LogP) is 5.28. The molecule has 318 valence electrons. The van der Waals surface area contributed by atoms with Gasteiger partial charge in [0.05, 0.1) is 38.9 Å². The minimum atomic E-state index is -0.294. The molecule has 4 aliphatic heterocycles. The molecule has 10 heterocycles. The van der Waals surface area contributed by atoms with Crippen LogP contribution in [-0.4, -0.2) is 112 Å².